The van der Waals surface area contributed by atoms with Crippen LogP contribution in [0.5, 0.6) is 0 Å². The second-order valence-electron chi connectivity index (χ2n) is 9.24. The number of ether oxygens (including phenoxy) is 2. The molecule has 3 heterocycles. The summed E-state index contributed by atoms with van der Waals surface area (Å²) in [6.07, 6.45) is 6.85. The average molecular weight is 491 g/mol. The van der Waals surface area contributed by atoms with Gasteiger partial charge in [-0.3, -0.25) is 14.5 Å². The van der Waals surface area contributed by atoms with Gasteiger partial charge in [0, 0.05) is 39.7 Å². The SMILES string of the molecule is COCCOC(=O)c1sc2nc(CN3CCN(C(=O)CC4CCCCC4)CC3)[nH]c(=O)c2c1C. The molecular formula is C24H34N4O5S. The highest BCUT2D eigenvalue weighted by Crippen LogP contribution is 2.28. The predicted octanol–water partition coefficient (Wildman–Crippen LogP) is 2.71. The van der Waals surface area contributed by atoms with E-state index in [1.165, 1.54) is 43.4 Å². The molecule has 0 bridgehead atoms. The summed E-state index contributed by atoms with van der Waals surface area (Å²) in [7, 11) is 1.54. The molecule has 1 aliphatic heterocycles. The number of aromatic amines is 1. The minimum Gasteiger partial charge on any atom is -0.459 e. The summed E-state index contributed by atoms with van der Waals surface area (Å²) in [5.74, 6) is 0.933. The summed E-state index contributed by atoms with van der Waals surface area (Å²) >= 11 is 1.18. The lowest BCUT2D eigenvalue weighted by Crippen LogP contribution is -2.48. The largest absolute Gasteiger partial charge is 0.459 e. The Morgan fingerprint density at radius 3 is 2.56 bits per heavy atom. The van der Waals surface area contributed by atoms with Gasteiger partial charge in [0.25, 0.3) is 5.56 Å². The Morgan fingerprint density at radius 1 is 1.12 bits per heavy atom. The van der Waals surface area contributed by atoms with E-state index in [2.05, 4.69) is 14.9 Å². The first-order chi connectivity index (χ1) is 16.5. The van der Waals surface area contributed by atoms with Gasteiger partial charge in [0.2, 0.25) is 5.91 Å². The Hall–Kier alpha value is -2.30. The topological polar surface area (TPSA) is 105 Å². The van der Waals surface area contributed by atoms with Crippen LogP contribution in [0.25, 0.3) is 10.2 Å². The number of thiophene rings is 1. The van der Waals surface area contributed by atoms with Crippen LogP contribution in [0.1, 0.15) is 59.6 Å². The zero-order chi connectivity index (χ0) is 24.1. The maximum atomic E-state index is 12.8. The van der Waals surface area contributed by atoms with Crippen LogP contribution in [0.3, 0.4) is 0 Å². The summed E-state index contributed by atoms with van der Waals surface area (Å²) in [6.45, 7) is 5.62. The minimum atomic E-state index is -0.465. The van der Waals surface area contributed by atoms with Gasteiger partial charge in [0.1, 0.15) is 22.1 Å². The lowest BCUT2D eigenvalue weighted by molar-refractivity contribution is -0.134. The van der Waals surface area contributed by atoms with Crippen LogP contribution in [0.4, 0.5) is 0 Å². The van der Waals surface area contributed by atoms with Crippen LogP contribution >= 0.6 is 11.3 Å². The van der Waals surface area contributed by atoms with E-state index in [0.29, 0.717) is 65.1 Å². The third-order valence-electron chi connectivity index (χ3n) is 6.84. The molecule has 2 aliphatic rings. The van der Waals surface area contributed by atoms with Crippen molar-refractivity contribution in [1.29, 1.82) is 0 Å². The molecule has 2 aromatic heterocycles. The van der Waals surface area contributed by atoms with Crippen molar-refractivity contribution in [1.82, 2.24) is 19.8 Å². The van der Waals surface area contributed by atoms with Gasteiger partial charge in [-0.05, 0) is 31.2 Å². The number of hydrogen-bond donors (Lipinski definition) is 1. The van der Waals surface area contributed by atoms with Gasteiger partial charge in [-0.15, -0.1) is 11.3 Å². The molecule has 34 heavy (non-hydrogen) atoms. The molecule has 0 radical (unpaired) electrons. The normalized spacial score (nSPS) is 17.9. The molecule has 1 saturated heterocycles. The first kappa shape index (κ1) is 24.8. The molecule has 0 aromatic carbocycles. The first-order valence-corrected chi connectivity index (χ1v) is 13.0. The third kappa shape index (κ3) is 5.84. The van der Waals surface area contributed by atoms with Crippen LogP contribution in [-0.2, 0) is 20.8 Å². The molecule has 186 valence electrons. The van der Waals surface area contributed by atoms with Crippen molar-refractivity contribution < 1.29 is 19.1 Å². The van der Waals surface area contributed by atoms with E-state index in [9.17, 15) is 14.4 Å². The van der Waals surface area contributed by atoms with Gasteiger partial charge in [0.15, 0.2) is 0 Å². The van der Waals surface area contributed by atoms with E-state index in [0.717, 1.165) is 13.1 Å². The van der Waals surface area contributed by atoms with Crippen molar-refractivity contribution in [2.45, 2.75) is 52.0 Å². The van der Waals surface area contributed by atoms with Crippen LogP contribution in [0.15, 0.2) is 4.79 Å². The van der Waals surface area contributed by atoms with E-state index in [1.54, 1.807) is 14.0 Å². The van der Waals surface area contributed by atoms with Crippen molar-refractivity contribution in [2.24, 2.45) is 5.92 Å². The molecule has 4 rings (SSSR count). The minimum absolute atomic E-state index is 0.160. The summed E-state index contributed by atoms with van der Waals surface area (Å²) in [5.41, 5.74) is 0.346. The monoisotopic (exact) mass is 490 g/mol. The van der Waals surface area contributed by atoms with Crippen LogP contribution in [0, 0.1) is 12.8 Å². The molecule has 0 unspecified atom stereocenters. The average Bonchev–Trinajstić information content (AvgIpc) is 3.17. The van der Waals surface area contributed by atoms with Gasteiger partial charge < -0.3 is 19.4 Å². The van der Waals surface area contributed by atoms with Gasteiger partial charge in [0.05, 0.1) is 18.5 Å². The van der Waals surface area contributed by atoms with Crippen LogP contribution < -0.4 is 5.56 Å². The smallest absolute Gasteiger partial charge is 0.348 e. The van der Waals surface area contributed by atoms with Crippen molar-refractivity contribution in [2.75, 3.05) is 46.5 Å². The lowest BCUT2D eigenvalue weighted by Gasteiger charge is -2.35. The highest BCUT2D eigenvalue weighted by molar-refractivity contribution is 7.20. The van der Waals surface area contributed by atoms with E-state index in [4.69, 9.17) is 9.47 Å². The maximum absolute atomic E-state index is 12.8. The number of hydrogen-bond acceptors (Lipinski definition) is 8. The summed E-state index contributed by atoms with van der Waals surface area (Å²) in [5, 5.41) is 0.436. The first-order valence-electron chi connectivity index (χ1n) is 12.1. The van der Waals surface area contributed by atoms with Gasteiger partial charge >= 0.3 is 5.97 Å². The lowest BCUT2D eigenvalue weighted by atomic mass is 9.86. The number of rotatable bonds is 8. The summed E-state index contributed by atoms with van der Waals surface area (Å²) in [4.78, 5) is 50.5. The Labute approximate surface area is 203 Å². The van der Waals surface area contributed by atoms with Crippen molar-refractivity contribution in [3.8, 4) is 0 Å². The van der Waals surface area contributed by atoms with Crippen molar-refractivity contribution >= 4 is 33.4 Å². The second-order valence-corrected chi connectivity index (χ2v) is 10.2. The predicted molar refractivity (Wildman–Crippen MR) is 130 cm³/mol. The zero-order valence-electron chi connectivity index (χ0n) is 20.1. The number of amides is 1. The second kappa shape index (κ2) is 11.4. The molecule has 2 fully saturated rings. The van der Waals surface area contributed by atoms with E-state index in [-0.39, 0.29) is 18.1 Å². The number of carbonyl (C=O) groups excluding carboxylic acids is 2. The number of esters is 1. The quantitative estimate of drug-likeness (QED) is 0.448. The summed E-state index contributed by atoms with van der Waals surface area (Å²) in [6, 6.07) is 0. The molecule has 1 saturated carbocycles. The fourth-order valence-corrected chi connectivity index (χ4v) is 5.97. The molecule has 9 nitrogen and oxygen atoms in total. The van der Waals surface area contributed by atoms with Crippen molar-refractivity contribution in [3.63, 3.8) is 0 Å². The van der Waals surface area contributed by atoms with Crippen molar-refractivity contribution in [3.05, 3.63) is 26.6 Å². The zero-order valence-corrected chi connectivity index (χ0v) is 20.9. The number of methoxy groups -OCH3 is 1. The van der Waals surface area contributed by atoms with Gasteiger partial charge in [-0.25, -0.2) is 9.78 Å². The highest BCUT2D eigenvalue weighted by atomic mass is 32.1. The number of carbonyl (C=O) groups is 2. The van der Waals surface area contributed by atoms with E-state index in [1.807, 2.05) is 4.90 Å². The number of fused-ring (bicyclic) bond motifs is 1. The Morgan fingerprint density at radius 2 is 1.85 bits per heavy atom. The van der Waals surface area contributed by atoms with E-state index < -0.39 is 5.97 Å². The van der Waals surface area contributed by atoms with E-state index >= 15 is 0 Å². The highest BCUT2D eigenvalue weighted by Gasteiger charge is 2.25. The molecule has 0 atom stereocenters. The standard InChI is InChI=1S/C24H34N4O5S/c1-16-20-22(30)25-18(26-23(20)34-21(16)24(31)33-13-12-32-2)15-27-8-10-28(11-9-27)19(29)14-17-6-4-3-5-7-17/h17H,3-15H2,1-2H3,(H,25,26,30). The van der Waals surface area contributed by atoms with Gasteiger partial charge in [-0.1, -0.05) is 19.3 Å². The Balaban J connectivity index is 1.36. The maximum Gasteiger partial charge on any atom is 0.348 e. The molecular weight excluding hydrogens is 456 g/mol. The number of nitrogens with one attached hydrogen (secondary N) is 1. The number of aryl methyl sites for hydroxylation is 1. The fraction of sp³-hybridized carbons (Fsp3) is 0.667. The number of nitrogens with zero attached hydrogens (tertiary/aromatic N) is 3. The summed E-state index contributed by atoms with van der Waals surface area (Å²) < 4.78 is 10.1. The van der Waals surface area contributed by atoms with Crippen LogP contribution in [0.2, 0.25) is 0 Å². The Bertz CT molecular complexity index is 1070. The van der Waals surface area contributed by atoms with Gasteiger partial charge in [-0.2, -0.15) is 0 Å². The molecule has 2 aromatic rings. The number of H-pyrrole nitrogens is 1. The number of aromatic nitrogens is 2. The molecule has 0 spiro atoms. The fourth-order valence-electron chi connectivity index (χ4n) is 4.88. The third-order valence-corrected chi connectivity index (χ3v) is 8.01. The number of piperazine rings is 1. The van der Waals surface area contributed by atoms with Crippen LogP contribution in [-0.4, -0.2) is 78.1 Å². The Kier molecular flexibility index (Phi) is 8.33. The molecule has 1 aliphatic carbocycles. The molecule has 1 N–H and O–H groups in total. The molecule has 1 amide bonds. The molecule has 10 heteroatoms.